The van der Waals surface area contributed by atoms with Crippen LogP contribution in [0.2, 0.25) is 0 Å². The van der Waals surface area contributed by atoms with E-state index in [1.807, 2.05) is 24.3 Å². The van der Waals surface area contributed by atoms with E-state index in [-0.39, 0.29) is 0 Å². The summed E-state index contributed by atoms with van der Waals surface area (Å²) < 4.78 is 5.75. The second-order valence-electron chi connectivity index (χ2n) is 5.04. The summed E-state index contributed by atoms with van der Waals surface area (Å²) in [6.45, 7) is 1.30. The molecule has 0 N–H and O–H groups in total. The lowest BCUT2D eigenvalue weighted by atomic mass is 10.0. The van der Waals surface area contributed by atoms with Crippen LogP contribution >= 0.6 is 0 Å². The highest BCUT2D eigenvalue weighted by atomic mass is 16.5. The molecule has 0 aliphatic carbocycles. The van der Waals surface area contributed by atoms with Crippen LogP contribution < -0.4 is 0 Å². The summed E-state index contributed by atoms with van der Waals surface area (Å²) in [6.07, 6.45) is 0. The normalized spacial score (nSPS) is 10.5. The van der Waals surface area contributed by atoms with E-state index in [1.165, 1.54) is 22.3 Å². The quantitative estimate of drug-likeness (QED) is 0.631. The van der Waals surface area contributed by atoms with Gasteiger partial charge in [-0.1, -0.05) is 84.9 Å². The molecule has 0 spiro atoms. The highest BCUT2D eigenvalue weighted by Crippen LogP contribution is 2.19. The van der Waals surface area contributed by atoms with Crippen LogP contribution in [0.3, 0.4) is 0 Å². The molecule has 0 aliphatic heterocycles. The first-order chi connectivity index (χ1) is 10.4. The van der Waals surface area contributed by atoms with E-state index in [0.717, 1.165) is 0 Å². The lowest BCUT2D eigenvalue weighted by Gasteiger charge is -2.06. The van der Waals surface area contributed by atoms with Gasteiger partial charge in [0.25, 0.3) is 0 Å². The third kappa shape index (κ3) is 3.80. The standard InChI is InChI=1S/C20H18O/c1-3-7-17(8-4-1)15-21-16-18-11-13-20(14-12-18)19-9-5-2-6-10-19/h1-14H,15-16H2. The van der Waals surface area contributed by atoms with Gasteiger partial charge in [0.2, 0.25) is 0 Å². The molecule has 0 unspecified atom stereocenters. The minimum Gasteiger partial charge on any atom is -0.372 e. The highest BCUT2D eigenvalue weighted by molar-refractivity contribution is 5.63. The number of rotatable bonds is 5. The SMILES string of the molecule is c1ccc(COCc2ccc(-c3ccccc3)cc2)cc1. The lowest BCUT2D eigenvalue weighted by molar-refractivity contribution is 0.107. The smallest absolute Gasteiger partial charge is 0.0721 e. The van der Waals surface area contributed by atoms with Gasteiger partial charge < -0.3 is 4.74 Å². The average Bonchev–Trinajstić information content (AvgIpc) is 2.57. The lowest BCUT2D eigenvalue weighted by Crippen LogP contribution is -1.93. The molecule has 0 heterocycles. The molecular formula is C20H18O. The van der Waals surface area contributed by atoms with Crippen LogP contribution in [0.15, 0.2) is 84.9 Å². The fourth-order valence-electron chi connectivity index (χ4n) is 2.28. The summed E-state index contributed by atoms with van der Waals surface area (Å²) in [5.74, 6) is 0. The Balaban J connectivity index is 1.58. The first kappa shape index (κ1) is 13.6. The Morgan fingerprint density at radius 2 is 0.952 bits per heavy atom. The third-order valence-electron chi connectivity index (χ3n) is 3.44. The maximum Gasteiger partial charge on any atom is 0.0721 e. The number of hydrogen-bond acceptors (Lipinski definition) is 1. The maximum absolute atomic E-state index is 5.75. The largest absolute Gasteiger partial charge is 0.372 e. The van der Waals surface area contributed by atoms with Gasteiger partial charge in [-0.3, -0.25) is 0 Å². The Morgan fingerprint density at radius 3 is 1.57 bits per heavy atom. The van der Waals surface area contributed by atoms with Gasteiger partial charge in [-0.2, -0.15) is 0 Å². The van der Waals surface area contributed by atoms with Crippen molar-refractivity contribution in [1.29, 1.82) is 0 Å². The van der Waals surface area contributed by atoms with Crippen molar-refractivity contribution in [2.75, 3.05) is 0 Å². The zero-order valence-corrected chi connectivity index (χ0v) is 11.9. The average molecular weight is 274 g/mol. The molecule has 3 aromatic rings. The summed E-state index contributed by atoms with van der Waals surface area (Å²) >= 11 is 0. The molecule has 0 saturated carbocycles. The molecule has 0 aromatic heterocycles. The molecule has 0 saturated heterocycles. The summed E-state index contributed by atoms with van der Waals surface area (Å²) in [4.78, 5) is 0. The van der Waals surface area contributed by atoms with Crippen molar-refractivity contribution in [2.24, 2.45) is 0 Å². The topological polar surface area (TPSA) is 9.23 Å². The van der Waals surface area contributed by atoms with Crippen molar-refractivity contribution in [3.05, 3.63) is 96.1 Å². The molecule has 21 heavy (non-hydrogen) atoms. The predicted molar refractivity (Wildman–Crippen MR) is 86.8 cm³/mol. The van der Waals surface area contributed by atoms with Crippen LogP contribution in [-0.4, -0.2) is 0 Å². The highest BCUT2D eigenvalue weighted by Gasteiger charge is 1.98. The Labute approximate surface area is 125 Å². The Morgan fingerprint density at radius 1 is 0.476 bits per heavy atom. The van der Waals surface area contributed by atoms with Crippen LogP contribution in [0, 0.1) is 0 Å². The number of ether oxygens (including phenoxy) is 1. The van der Waals surface area contributed by atoms with Crippen LogP contribution in [-0.2, 0) is 18.0 Å². The zero-order chi connectivity index (χ0) is 14.3. The van der Waals surface area contributed by atoms with E-state index in [9.17, 15) is 0 Å². The molecule has 3 rings (SSSR count). The van der Waals surface area contributed by atoms with Gasteiger partial charge in [0, 0.05) is 0 Å². The first-order valence-corrected chi connectivity index (χ1v) is 7.18. The van der Waals surface area contributed by atoms with E-state index in [0.29, 0.717) is 13.2 Å². The van der Waals surface area contributed by atoms with Crippen LogP contribution in [0.25, 0.3) is 11.1 Å². The fraction of sp³-hybridized carbons (Fsp3) is 0.100. The maximum atomic E-state index is 5.75. The van der Waals surface area contributed by atoms with E-state index in [1.54, 1.807) is 0 Å². The number of hydrogen-bond donors (Lipinski definition) is 0. The molecule has 1 heteroatoms. The molecule has 104 valence electrons. The Hall–Kier alpha value is -2.38. The summed E-state index contributed by atoms with van der Waals surface area (Å²) in [5, 5.41) is 0. The molecule has 0 radical (unpaired) electrons. The van der Waals surface area contributed by atoms with E-state index < -0.39 is 0 Å². The van der Waals surface area contributed by atoms with Gasteiger partial charge in [-0.25, -0.2) is 0 Å². The minimum atomic E-state index is 0.643. The predicted octanol–water partition coefficient (Wildman–Crippen LogP) is 5.07. The Bertz CT molecular complexity index is 657. The molecule has 0 bridgehead atoms. The molecule has 3 aromatic carbocycles. The van der Waals surface area contributed by atoms with Crippen molar-refractivity contribution in [3.8, 4) is 11.1 Å². The van der Waals surface area contributed by atoms with Gasteiger partial charge in [-0.15, -0.1) is 0 Å². The number of benzene rings is 3. The minimum absolute atomic E-state index is 0.643. The van der Waals surface area contributed by atoms with Gasteiger partial charge >= 0.3 is 0 Å². The van der Waals surface area contributed by atoms with E-state index in [4.69, 9.17) is 4.74 Å². The summed E-state index contributed by atoms with van der Waals surface area (Å²) in [6, 6.07) is 29.2. The molecule has 1 nitrogen and oxygen atoms in total. The molecule has 0 amide bonds. The van der Waals surface area contributed by atoms with Crippen LogP contribution in [0.5, 0.6) is 0 Å². The Kier molecular flexibility index (Phi) is 4.45. The van der Waals surface area contributed by atoms with Crippen molar-refractivity contribution in [3.63, 3.8) is 0 Å². The van der Waals surface area contributed by atoms with Gasteiger partial charge in [0.15, 0.2) is 0 Å². The van der Waals surface area contributed by atoms with E-state index in [2.05, 4.69) is 60.7 Å². The van der Waals surface area contributed by atoms with Crippen LogP contribution in [0.1, 0.15) is 11.1 Å². The third-order valence-corrected chi connectivity index (χ3v) is 3.44. The zero-order valence-electron chi connectivity index (χ0n) is 11.9. The first-order valence-electron chi connectivity index (χ1n) is 7.18. The monoisotopic (exact) mass is 274 g/mol. The van der Waals surface area contributed by atoms with Gasteiger partial charge in [0.1, 0.15) is 0 Å². The van der Waals surface area contributed by atoms with Crippen molar-refractivity contribution in [2.45, 2.75) is 13.2 Å². The summed E-state index contributed by atoms with van der Waals surface area (Å²) in [7, 11) is 0. The molecule has 0 aliphatic rings. The second-order valence-corrected chi connectivity index (χ2v) is 5.04. The van der Waals surface area contributed by atoms with Gasteiger partial charge in [0.05, 0.1) is 13.2 Å². The van der Waals surface area contributed by atoms with Gasteiger partial charge in [-0.05, 0) is 22.3 Å². The molecule has 0 atom stereocenters. The van der Waals surface area contributed by atoms with E-state index >= 15 is 0 Å². The van der Waals surface area contributed by atoms with Crippen molar-refractivity contribution >= 4 is 0 Å². The van der Waals surface area contributed by atoms with Crippen molar-refractivity contribution in [1.82, 2.24) is 0 Å². The molecule has 0 fully saturated rings. The molecular weight excluding hydrogens is 256 g/mol. The summed E-state index contributed by atoms with van der Waals surface area (Å²) in [5.41, 5.74) is 4.89. The van der Waals surface area contributed by atoms with Crippen LogP contribution in [0.4, 0.5) is 0 Å². The second kappa shape index (κ2) is 6.87. The fourth-order valence-corrected chi connectivity index (χ4v) is 2.28. The van der Waals surface area contributed by atoms with Crippen molar-refractivity contribution < 1.29 is 4.74 Å².